The number of aromatic amines is 1. The second-order valence-corrected chi connectivity index (χ2v) is 9.13. The van der Waals surface area contributed by atoms with E-state index in [0.29, 0.717) is 16.5 Å². The van der Waals surface area contributed by atoms with Crippen LogP contribution in [0.4, 0.5) is 0 Å². The number of hydrogen-bond acceptors (Lipinski definition) is 3. The third kappa shape index (κ3) is 3.36. The molecule has 150 valence electrons. The molecule has 29 heavy (non-hydrogen) atoms. The van der Waals surface area contributed by atoms with Crippen molar-refractivity contribution in [2.45, 2.75) is 46.5 Å². The zero-order valence-corrected chi connectivity index (χ0v) is 18.2. The smallest absolute Gasteiger partial charge is 0.266 e. The number of rotatable bonds is 5. The Morgan fingerprint density at radius 1 is 1.14 bits per heavy atom. The zero-order valence-electron chi connectivity index (χ0n) is 17.4. The fourth-order valence-electron chi connectivity index (χ4n) is 4.47. The van der Waals surface area contributed by atoms with Gasteiger partial charge in [0, 0.05) is 16.3 Å². The third-order valence-electron chi connectivity index (χ3n) is 5.91. The number of fused-ring (bicyclic) bond motifs is 3. The number of aromatic nitrogens is 1. The van der Waals surface area contributed by atoms with Gasteiger partial charge in [-0.2, -0.15) is 0 Å². The first-order valence-corrected chi connectivity index (χ1v) is 11.2. The molecule has 2 aromatic carbocycles. The minimum atomic E-state index is -0.0723. The van der Waals surface area contributed by atoms with E-state index in [2.05, 4.69) is 50.0 Å². The Labute approximate surface area is 175 Å². The van der Waals surface area contributed by atoms with Crippen molar-refractivity contribution in [3.63, 3.8) is 0 Å². The summed E-state index contributed by atoms with van der Waals surface area (Å²) >= 11 is 1.43. The quantitative estimate of drug-likeness (QED) is 0.377. The van der Waals surface area contributed by atoms with E-state index in [1.54, 1.807) is 6.07 Å². The van der Waals surface area contributed by atoms with E-state index in [-0.39, 0.29) is 11.3 Å². The van der Waals surface area contributed by atoms with Gasteiger partial charge in [-0.3, -0.25) is 4.79 Å². The summed E-state index contributed by atoms with van der Waals surface area (Å²) in [6.07, 6.45) is 2.34. The lowest BCUT2D eigenvalue weighted by Crippen LogP contribution is -2.07. The second kappa shape index (κ2) is 7.68. The third-order valence-corrected chi connectivity index (χ3v) is 6.83. The highest BCUT2D eigenvalue weighted by Crippen LogP contribution is 2.41. The number of H-pyrrole nitrogens is 1. The number of phenolic OH excluding ortho intramolecular Hbond substituents is 1. The van der Waals surface area contributed by atoms with Gasteiger partial charge < -0.3 is 10.1 Å². The molecule has 0 aliphatic rings. The molecular formula is C25H27NO2S. The van der Waals surface area contributed by atoms with Crippen LogP contribution in [0, 0.1) is 12.8 Å². The van der Waals surface area contributed by atoms with Gasteiger partial charge >= 0.3 is 0 Å². The molecule has 0 aliphatic heterocycles. The van der Waals surface area contributed by atoms with E-state index < -0.39 is 0 Å². The highest BCUT2D eigenvalue weighted by Gasteiger charge is 2.19. The molecular weight excluding hydrogens is 378 g/mol. The summed E-state index contributed by atoms with van der Waals surface area (Å²) in [5.74, 6) is 1.37. The van der Waals surface area contributed by atoms with Gasteiger partial charge in [-0.25, -0.2) is 0 Å². The number of aryl methyl sites for hydroxylation is 1. The molecule has 2 aromatic heterocycles. The maximum absolute atomic E-state index is 12.5. The van der Waals surface area contributed by atoms with Crippen LogP contribution in [-0.2, 0) is 0 Å². The molecule has 0 saturated carbocycles. The van der Waals surface area contributed by atoms with E-state index in [0.717, 1.165) is 39.4 Å². The summed E-state index contributed by atoms with van der Waals surface area (Å²) in [4.78, 5) is 15.5. The van der Waals surface area contributed by atoms with Crippen LogP contribution in [0.1, 0.15) is 50.7 Å². The summed E-state index contributed by atoms with van der Waals surface area (Å²) in [7, 11) is 0. The Bertz CT molecular complexity index is 1230. The van der Waals surface area contributed by atoms with Crippen molar-refractivity contribution in [2.24, 2.45) is 5.92 Å². The van der Waals surface area contributed by atoms with Crippen molar-refractivity contribution in [3.8, 4) is 16.9 Å². The Morgan fingerprint density at radius 2 is 1.86 bits per heavy atom. The SMILES string of the molecule is CCCC(c1ccc(-c2c(O)cc(C)c3[nH]c(=O)c4sccc4c23)cc1)C(C)C. The molecule has 1 unspecified atom stereocenters. The number of thiophene rings is 1. The average molecular weight is 406 g/mol. The molecule has 0 aliphatic carbocycles. The molecule has 0 amide bonds. The Kier molecular flexibility index (Phi) is 5.22. The van der Waals surface area contributed by atoms with Gasteiger partial charge in [0.05, 0.1) is 5.52 Å². The summed E-state index contributed by atoms with van der Waals surface area (Å²) in [5, 5.41) is 14.6. The van der Waals surface area contributed by atoms with Gasteiger partial charge in [-0.15, -0.1) is 11.3 Å². The minimum absolute atomic E-state index is 0.0723. The Hall–Kier alpha value is -2.59. The van der Waals surface area contributed by atoms with Gasteiger partial charge in [0.25, 0.3) is 5.56 Å². The molecule has 0 radical (unpaired) electrons. The second-order valence-electron chi connectivity index (χ2n) is 8.22. The first kappa shape index (κ1) is 19.7. The van der Waals surface area contributed by atoms with Crippen molar-refractivity contribution >= 4 is 32.3 Å². The topological polar surface area (TPSA) is 53.1 Å². The Balaban J connectivity index is 1.95. The van der Waals surface area contributed by atoms with Crippen LogP contribution in [0.3, 0.4) is 0 Å². The number of benzene rings is 2. The number of phenols is 1. The first-order chi connectivity index (χ1) is 13.9. The predicted molar refractivity (Wildman–Crippen MR) is 124 cm³/mol. The largest absolute Gasteiger partial charge is 0.507 e. The molecule has 2 heterocycles. The summed E-state index contributed by atoms with van der Waals surface area (Å²) < 4.78 is 0.697. The summed E-state index contributed by atoms with van der Waals surface area (Å²) in [6, 6.07) is 12.3. The standard InChI is InChI=1S/C25H27NO2S/c1-5-6-18(14(2)3)16-7-9-17(10-8-16)21-20(27)13-15(4)23-22(21)19-11-12-29-24(19)25(28)26-23/h7-14,18,27H,5-6H2,1-4H3,(H,26,28). The van der Waals surface area contributed by atoms with Crippen LogP contribution in [0.25, 0.3) is 32.1 Å². The number of nitrogens with one attached hydrogen (secondary N) is 1. The molecule has 0 spiro atoms. The lowest BCUT2D eigenvalue weighted by atomic mass is 9.84. The van der Waals surface area contributed by atoms with E-state index in [4.69, 9.17) is 0 Å². The molecule has 4 aromatic rings. The van der Waals surface area contributed by atoms with Crippen LogP contribution >= 0.6 is 11.3 Å². The molecule has 3 nitrogen and oxygen atoms in total. The number of aromatic hydroxyl groups is 1. The highest BCUT2D eigenvalue weighted by atomic mass is 32.1. The van der Waals surface area contributed by atoms with Crippen molar-refractivity contribution in [1.29, 1.82) is 0 Å². The van der Waals surface area contributed by atoms with Crippen LogP contribution in [-0.4, -0.2) is 10.1 Å². The van der Waals surface area contributed by atoms with Crippen LogP contribution in [0.5, 0.6) is 5.75 Å². The molecule has 1 atom stereocenters. The van der Waals surface area contributed by atoms with Crippen molar-refractivity contribution < 1.29 is 5.11 Å². The summed E-state index contributed by atoms with van der Waals surface area (Å²) in [6.45, 7) is 8.70. The lowest BCUT2D eigenvalue weighted by Gasteiger charge is -2.21. The number of hydrogen-bond donors (Lipinski definition) is 2. The molecule has 2 N–H and O–H groups in total. The molecule has 0 saturated heterocycles. The van der Waals surface area contributed by atoms with Crippen molar-refractivity contribution in [1.82, 2.24) is 4.98 Å². The molecule has 0 fully saturated rings. The number of pyridine rings is 1. The van der Waals surface area contributed by atoms with Gasteiger partial charge in [0.2, 0.25) is 0 Å². The lowest BCUT2D eigenvalue weighted by molar-refractivity contribution is 0.463. The predicted octanol–water partition coefficient (Wildman–Crippen LogP) is 6.96. The van der Waals surface area contributed by atoms with Gasteiger partial charge in [-0.05, 0) is 59.4 Å². The summed E-state index contributed by atoms with van der Waals surface area (Å²) in [5.41, 5.74) is 4.69. The minimum Gasteiger partial charge on any atom is -0.507 e. The molecule has 0 bridgehead atoms. The maximum Gasteiger partial charge on any atom is 0.266 e. The normalized spacial score (nSPS) is 12.9. The Morgan fingerprint density at radius 3 is 2.52 bits per heavy atom. The van der Waals surface area contributed by atoms with E-state index >= 15 is 0 Å². The monoisotopic (exact) mass is 405 g/mol. The van der Waals surface area contributed by atoms with Gasteiger partial charge in [0.15, 0.2) is 0 Å². The van der Waals surface area contributed by atoms with Gasteiger partial charge in [0.1, 0.15) is 10.4 Å². The first-order valence-electron chi connectivity index (χ1n) is 10.3. The fourth-order valence-corrected chi connectivity index (χ4v) is 5.26. The van der Waals surface area contributed by atoms with E-state index in [1.807, 2.05) is 18.4 Å². The van der Waals surface area contributed by atoms with Crippen LogP contribution in [0.2, 0.25) is 0 Å². The van der Waals surface area contributed by atoms with Crippen LogP contribution < -0.4 is 5.56 Å². The molecule has 4 rings (SSSR count). The fraction of sp³-hybridized carbons (Fsp3) is 0.320. The average Bonchev–Trinajstić information content (AvgIpc) is 3.18. The van der Waals surface area contributed by atoms with Crippen LogP contribution in [0.15, 0.2) is 46.6 Å². The maximum atomic E-state index is 12.5. The zero-order chi connectivity index (χ0) is 20.7. The van der Waals surface area contributed by atoms with Gasteiger partial charge in [-0.1, -0.05) is 51.5 Å². The van der Waals surface area contributed by atoms with E-state index in [9.17, 15) is 9.90 Å². The van der Waals surface area contributed by atoms with E-state index in [1.165, 1.54) is 23.3 Å². The van der Waals surface area contributed by atoms with Crippen molar-refractivity contribution in [2.75, 3.05) is 0 Å². The molecule has 4 heteroatoms. The highest BCUT2D eigenvalue weighted by molar-refractivity contribution is 7.17. The van der Waals surface area contributed by atoms with Crippen molar-refractivity contribution in [3.05, 3.63) is 63.3 Å².